The topological polar surface area (TPSA) is 733 Å². The molecule has 0 aromatic rings. The van der Waals surface area contributed by atoms with E-state index in [1.165, 1.54) is 37.4 Å². The lowest BCUT2D eigenvalue weighted by Gasteiger charge is -2.71. The summed E-state index contributed by atoms with van der Waals surface area (Å²) in [6, 6.07) is 0. The molecule has 3 amide bonds. The number of aliphatic hydroxyl groups excluding tert-OH is 22. The summed E-state index contributed by atoms with van der Waals surface area (Å²) in [6.45, 7) is 16.8. The van der Waals surface area contributed by atoms with Crippen molar-refractivity contribution in [1.29, 1.82) is 0 Å². The molecule has 23 N–H and O–H groups in total. The Bertz CT molecular complexity index is 4390. The van der Waals surface area contributed by atoms with Crippen LogP contribution in [0.15, 0.2) is 16.8 Å². The van der Waals surface area contributed by atoms with Gasteiger partial charge in [0.15, 0.2) is 56.4 Å². The molecule has 54 atom stereocenters. The van der Waals surface area contributed by atoms with Gasteiger partial charge >= 0.3 is 5.97 Å². The molecule has 0 aromatic heterocycles. The Morgan fingerprint density at radius 2 is 1.02 bits per heavy atom. The average molecular weight is 2100 g/mol. The van der Waals surface area contributed by atoms with E-state index in [0.717, 1.165) is 5.57 Å². The molecular weight excluding hydrogens is 1950 g/mol. The Labute approximate surface area is 841 Å². The lowest BCUT2D eigenvalue weighted by atomic mass is 9.34. The summed E-state index contributed by atoms with van der Waals surface area (Å²) >= 11 is 1.20. The van der Waals surface area contributed by atoms with Crippen molar-refractivity contribution >= 4 is 48.1 Å². The molecule has 46 unspecified atom stereocenters. The number of amides is 3. The SMILES string of the molecule is CC1OC(OC2C(C)OC(OC(=O)[C@@H]3CC(C)(C)CC4C5=CCC6[C@@]7(C)CC[C@H](OC8OC(OC=O)C(O)C(OC9OCC(O)C(O)C9O)C8OC8OC(CO)C(O)C(O)C8O)[C@@](C)(/C=N/NC(=O)CCCCCN8C(=O)C[C@H](SCCO)C8=O)C7CC[C@@]6(C)[C@]5(C)C[C@@H](O)C43)C(OC3OC(C)C(OC4OCC(O)C(OC5OC(CO)C(O)C(O)C5O)C4O)C(O)C3C)C2O)C(O)C(OC2OCC(O)C(O)C2O)C1C. The van der Waals surface area contributed by atoms with E-state index < -0.39 is 371 Å². The van der Waals surface area contributed by atoms with Crippen molar-refractivity contribution in [3.05, 3.63) is 11.6 Å². The van der Waals surface area contributed by atoms with Gasteiger partial charge in [0.1, 0.15) is 146 Å². The fraction of sp³-hybridized carbons (Fsp3) is 0.916. The summed E-state index contributed by atoms with van der Waals surface area (Å²) in [7, 11) is 0. The predicted octanol–water partition coefficient (Wildman–Crippen LogP) is -6.90. The lowest BCUT2D eigenvalue weighted by molar-refractivity contribution is -0.410. The highest BCUT2D eigenvalue weighted by Crippen LogP contribution is 2.75. The van der Waals surface area contributed by atoms with Gasteiger partial charge in [0.25, 0.3) is 6.47 Å². The van der Waals surface area contributed by atoms with Gasteiger partial charge in [-0.05, 0) is 124 Å². The van der Waals surface area contributed by atoms with Crippen LogP contribution in [0.3, 0.4) is 0 Å². The Balaban J connectivity index is 0.703. The number of fused-ring (bicyclic) bond motifs is 7. The maximum Gasteiger partial charge on any atom is 0.311 e. The molecule has 0 spiro atoms. The lowest BCUT2D eigenvalue weighted by Crippen LogP contribution is -2.68. The highest BCUT2D eigenvalue weighted by Gasteiger charge is 2.72. The van der Waals surface area contributed by atoms with Crippen LogP contribution >= 0.6 is 11.8 Å². The van der Waals surface area contributed by atoms with Crippen molar-refractivity contribution in [3.8, 4) is 0 Å². The third-order valence-corrected chi connectivity index (χ3v) is 35.4. The number of aliphatic hydroxyl groups is 22. The molecule has 15 rings (SSSR count). The first-order valence-corrected chi connectivity index (χ1v) is 51.6. The van der Waals surface area contributed by atoms with Gasteiger partial charge in [-0.25, -0.2) is 5.43 Å². The molecule has 50 heteroatoms. The number of nitrogens with zero attached hydrogens (tertiary/aromatic N) is 2. The van der Waals surface area contributed by atoms with Crippen LogP contribution in [0.4, 0.5) is 0 Å². The number of unbranched alkanes of at least 4 members (excludes halogenated alkanes) is 2. The van der Waals surface area contributed by atoms with Gasteiger partial charge in [-0.1, -0.05) is 73.5 Å². The summed E-state index contributed by atoms with van der Waals surface area (Å²) in [5.41, 5.74) is -0.592. The molecule has 0 bridgehead atoms. The fourth-order valence-electron chi connectivity index (χ4n) is 25.7. The Hall–Kier alpha value is -4.25. The van der Waals surface area contributed by atoms with Crippen molar-refractivity contribution in [2.45, 2.75) is 423 Å². The van der Waals surface area contributed by atoms with Crippen LogP contribution in [0, 0.1) is 68.5 Å². The predicted molar refractivity (Wildman–Crippen MR) is 486 cm³/mol. The van der Waals surface area contributed by atoms with Crippen LogP contribution in [0.25, 0.3) is 0 Å². The number of hydrazone groups is 1. The molecule has 10 heterocycles. The molecular formula is C95H151N3O46S. The summed E-state index contributed by atoms with van der Waals surface area (Å²) in [4.78, 5) is 69.8. The van der Waals surface area contributed by atoms with E-state index in [0.29, 0.717) is 51.4 Å². The molecule has 828 valence electrons. The number of imide groups is 1. The van der Waals surface area contributed by atoms with Gasteiger partial charge in [-0.3, -0.25) is 28.9 Å². The number of ether oxygens (including phenoxy) is 19. The van der Waals surface area contributed by atoms with Crippen LogP contribution in [0.1, 0.15) is 160 Å². The summed E-state index contributed by atoms with van der Waals surface area (Å²) in [6.07, 6.45) is -64.0. The smallest absolute Gasteiger partial charge is 0.311 e. The number of esters is 1. The highest BCUT2D eigenvalue weighted by molar-refractivity contribution is 8.00. The van der Waals surface area contributed by atoms with Crippen LogP contribution in [0.5, 0.6) is 0 Å². The monoisotopic (exact) mass is 2100 g/mol. The van der Waals surface area contributed by atoms with Gasteiger partial charge in [0.05, 0.1) is 93.5 Å². The van der Waals surface area contributed by atoms with E-state index in [4.69, 9.17) is 90.0 Å². The maximum absolute atomic E-state index is 16.1. The van der Waals surface area contributed by atoms with Crippen molar-refractivity contribution in [2.24, 2.45) is 73.6 Å². The quantitative estimate of drug-likeness (QED) is 0.00424. The second kappa shape index (κ2) is 46.8. The second-order valence-electron chi connectivity index (χ2n) is 43.9. The molecule has 5 aliphatic carbocycles. The Morgan fingerprint density at radius 1 is 0.490 bits per heavy atom. The number of allylic oxidation sites excluding steroid dienone is 2. The molecule has 145 heavy (non-hydrogen) atoms. The zero-order valence-electron chi connectivity index (χ0n) is 82.9. The molecule has 14 fully saturated rings. The van der Waals surface area contributed by atoms with Crippen molar-refractivity contribution < 1.29 is 226 Å². The van der Waals surface area contributed by atoms with E-state index in [1.807, 2.05) is 20.8 Å². The van der Waals surface area contributed by atoms with E-state index >= 15 is 4.79 Å². The summed E-state index contributed by atoms with van der Waals surface area (Å²) < 4.78 is 117. The summed E-state index contributed by atoms with van der Waals surface area (Å²) in [5, 5.41) is 250. The van der Waals surface area contributed by atoms with E-state index in [1.54, 1.807) is 20.1 Å². The zero-order chi connectivity index (χ0) is 105. The number of thioether (sulfide) groups is 1. The van der Waals surface area contributed by atoms with Crippen molar-refractivity contribution in [1.82, 2.24) is 10.3 Å². The largest absolute Gasteiger partial charge is 0.435 e. The van der Waals surface area contributed by atoms with Crippen LogP contribution in [-0.2, 0) is 114 Å². The number of hydrogen-bond donors (Lipinski definition) is 23. The maximum atomic E-state index is 16.1. The van der Waals surface area contributed by atoms with E-state index in [2.05, 4.69) is 37.4 Å². The zero-order valence-corrected chi connectivity index (χ0v) is 83.7. The third-order valence-electron chi connectivity index (χ3n) is 34.2. The number of hydrogen-bond acceptors (Lipinski definition) is 48. The molecule has 4 saturated carbocycles. The number of carbonyl (C=O) groups excluding carboxylic acids is 5. The molecule has 10 saturated heterocycles. The highest BCUT2D eigenvalue weighted by atomic mass is 32.2. The molecule has 10 aliphatic heterocycles. The minimum absolute atomic E-state index is 0.0130. The fourth-order valence-corrected chi connectivity index (χ4v) is 26.6. The molecule has 49 nitrogen and oxygen atoms in total. The van der Waals surface area contributed by atoms with Gasteiger partial charge in [0, 0.05) is 54.5 Å². The van der Waals surface area contributed by atoms with Crippen LogP contribution < -0.4 is 5.43 Å². The third kappa shape index (κ3) is 22.7. The van der Waals surface area contributed by atoms with E-state index in [9.17, 15) is 132 Å². The second-order valence-corrected chi connectivity index (χ2v) is 45.3. The van der Waals surface area contributed by atoms with Gasteiger partial charge in [-0.15, -0.1) is 11.8 Å². The normalized spacial score (nSPS) is 50.7. The minimum atomic E-state index is -2.12. The van der Waals surface area contributed by atoms with Crippen LogP contribution in [-0.4, -0.2) is 469 Å². The first-order valence-electron chi connectivity index (χ1n) is 50.6. The Morgan fingerprint density at radius 3 is 1.63 bits per heavy atom. The number of likely N-dealkylation sites (tertiary alicyclic amines) is 1. The molecule has 15 aliphatic rings. The molecule has 0 radical (unpaired) electrons. The number of rotatable bonds is 33. The summed E-state index contributed by atoms with van der Waals surface area (Å²) in [5.74, 6) is -6.77. The average Bonchev–Trinajstić information content (AvgIpc) is 0.696. The van der Waals surface area contributed by atoms with Gasteiger partial charge < -0.3 is 202 Å². The van der Waals surface area contributed by atoms with Crippen molar-refractivity contribution in [3.63, 3.8) is 0 Å². The van der Waals surface area contributed by atoms with Gasteiger partial charge in [-0.2, -0.15) is 5.10 Å². The van der Waals surface area contributed by atoms with Crippen molar-refractivity contribution in [2.75, 3.05) is 51.9 Å². The number of carbonyl (C=O) groups is 5. The first kappa shape index (κ1) is 115. The first-order chi connectivity index (χ1) is 68.5. The Kier molecular flexibility index (Phi) is 37.1. The standard InChI is InChI=1S/C95H151N3O46S/c1-36-38(3)130-88(69(121)72(36)136-82-64(116)58(110)45(104)31-126-82)138-74-40(5)132-89(77(68(74)120)141-81-37(2)57(109)73(39(4)131-81)137-84-70(122)75(47(106)33-128-84)139-86-66(118)62(114)60(112)48(29-100)133-86)143-80(125)42-27-91(6,7)26-41-43-16-17-52-92(8)20-19-53(135-90-78(142-87-67(119)63(115)61(113)49(30-101)134-87)76(71(123)85(144-90)129-35-102)140-83-65(117)59(111)46(105)32-127-83)93(9,51(92)18-21-94(52,10)95(43,11)28-44(103)56(41)42)34-96-97-54(107)15-13-12-14-22-98-55(108)25-50(79(98)124)145-24-23-99/h16,34-42,44-53,56-78,81-90,99-101,103-106,109-123H,12-15,17-33H2,1-11H3,(H,97,107)/b96-34+/t36?,37?,38?,39?,40?,41?,42-,44-,45?,46?,47?,48?,49?,50+,51?,52?,53+,56?,57?,58?,59?,60?,61?,62?,63?,64?,65?,66?,67?,68?,69?,70?,71?,72?,73?,74?,75?,76?,77?,78?,81?,82?,83?,84?,85?,86?,87?,88?,89?,90?,92+,93+,94-,95-/m1/s1. The van der Waals surface area contributed by atoms with E-state index in [-0.39, 0.29) is 75.2 Å². The molecule has 0 aromatic carbocycles. The van der Waals surface area contributed by atoms with Gasteiger partial charge in [0.2, 0.25) is 30.3 Å². The minimum Gasteiger partial charge on any atom is -0.435 e. The number of nitrogens with one attached hydrogen (secondary N) is 1. The van der Waals surface area contributed by atoms with Crippen LogP contribution in [0.2, 0.25) is 0 Å².